The molecule has 1 aliphatic rings. The lowest BCUT2D eigenvalue weighted by molar-refractivity contribution is 0.138. The number of aliphatic imine (C=N–C) groups is 1. The van der Waals surface area contributed by atoms with Crippen molar-refractivity contribution in [1.29, 1.82) is 0 Å². The number of methoxy groups -OCH3 is 1. The maximum Gasteiger partial charge on any atom is 0.191 e. The summed E-state index contributed by atoms with van der Waals surface area (Å²) in [5.41, 5.74) is 0.309. The van der Waals surface area contributed by atoms with Gasteiger partial charge in [-0.1, -0.05) is 12.8 Å². The van der Waals surface area contributed by atoms with Crippen molar-refractivity contribution in [3.63, 3.8) is 0 Å². The maximum atomic E-state index is 12.9. The smallest absolute Gasteiger partial charge is 0.191 e. The van der Waals surface area contributed by atoms with Crippen LogP contribution in [-0.4, -0.2) is 45.9 Å². The second-order valence-electron chi connectivity index (χ2n) is 7.14. The van der Waals surface area contributed by atoms with Crippen molar-refractivity contribution in [2.24, 2.45) is 10.4 Å². The molecule has 1 atom stereocenters. The Morgan fingerprint density at radius 1 is 1.23 bits per heavy atom. The number of nitrogens with zero attached hydrogens (tertiary/aromatic N) is 1. The summed E-state index contributed by atoms with van der Waals surface area (Å²) in [7, 11) is 3.54. The van der Waals surface area contributed by atoms with Crippen molar-refractivity contribution < 1.29 is 13.9 Å². The first-order chi connectivity index (χ1) is 12.6. The number of hydrogen-bond donors (Lipinski definition) is 2. The van der Waals surface area contributed by atoms with E-state index in [4.69, 9.17) is 9.47 Å². The van der Waals surface area contributed by atoms with Crippen molar-refractivity contribution >= 4 is 5.96 Å². The van der Waals surface area contributed by atoms with E-state index in [2.05, 4.69) is 15.6 Å². The summed E-state index contributed by atoms with van der Waals surface area (Å²) in [6.45, 7) is 4.29. The quantitative estimate of drug-likeness (QED) is 0.520. The van der Waals surface area contributed by atoms with Crippen LogP contribution in [0.4, 0.5) is 4.39 Å². The molecule has 6 heteroatoms. The predicted octanol–water partition coefficient (Wildman–Crippen LogP) is 3.35. The molecule has 1 saturated carbocycles. The molecule has 2 N–H and O–H groups in total. The number of rotatable bonds is 9. The Bertz CT molecular complexity index is 557. The monoisotopic (exact) mass is 365 g/mol. The summed E-state index contributed by atoms with van der Waals surface area (Å²) in [6, 6.07) is 6.07. The van der Waals surface area contributed by atoms with Crippen molar-refractivity contribution in [2.75, 3.05) is 33.9 Å². The third-order valence-electron chi connectivity index (χ3n) is 5.06. The standard InChI is InChI=1S/C20H32FN3O2/c1-16(26-18-8-6-17(21)7-9-18)14-23-19(22-2)24-15-20(12-13-25-3)10-4-5-11-20/h6-9,16H,4-5,10-15H2,1-3H3,(H2,22,23,24). The van der Waals surface area contributed by atoms with Crippen molar-refractivity contribution in [3.8, 4) is 5.75 Å². The molecule has 1 aromatic carbocycles. The molecule has 1 aromatic rings. The van der Waals surface area contributed by atoms with E-state index in [1.54, 1.807) is 26.3 Å². The first-order valence-electron chi connectivity index (χ1n) is 9.42. The molecule has 146 valence electrons. The summed E-state index contributed by atoms with van der Waals surface area (Å²) < 4.78 is 24.0. The van der Waals surface area contributed by atoms with E-state index in [-0.39, 0.29) is 11.9 Å². The van der Waals surface area contributed by atoms with Gasteiger partial charge in [-0.15, -0.1) is 0 Å². The van der Waals surface area contributed by atoms with E-state index in [1.165, 1.54) is 37.8 Å². The molecule has 1 unspecified atom stereocenters. The summed E-state index contributed by atoms with van der Waals surface area (Å²) in [6.07, 6.45) is 6.08. The number of nitrogens with one attached hydrogen (secondary N) is 2. The van der Waals surface area contributed by atoms with Crippen LogP contribution < -0.4 is 15.4 Å². The number of benzene rings is 1. The highest BCUT2D eigenvalue weighted by atomic mass is 19.1. The third kappa shape index (κ3) is 6.48. The molecular weight excluding hydrogens is 333 g/mol. The normalized spacial score (nSPS) is 17.8. The van der Waals surface area contributed by atoms with Gasteiger partial charge in [-0.2, -0.15) is 0 Å². The first-order valence-corrected chi connectivity index (χ1v) is 9.42. The number of guanidine groups is 1. The van der Waals surface area contributed by atoms with Gasteiger partial charge >= 0.3 is 0 Å². The first kappa shape index (κ1) is 20.5. The van der Waals surface area contributed by atoms with Crippen LogP contribution in [0.5, 0.6) is 5.75 Å². The average molecular weight is 365 g/mol. The van der Waals surface area contributed by atoms with Gasteiger partial charge in [0, 0.05) is 27.3 Å². The van der Waals surface area contributed by atoms with E-state index in [9.17, 15) is 4.39 Å². The summed E-state index contributed by atoms with van der Waals surface area (Å²) in [4.78, 5) is 4.31. The topological polar surface area (TPSA) is 54.9 Å². The molecule has 0 amide bonds. The number of ether oxygens (including phenoxy) is 2. The molecule has 2 rings (SSSR count). The molecule has 0 aliphatic heterocycles. The Morgan fingerprint density at radius 3 is 2.54 bits per heavy atom. The second kappa shape index (κ2) is 10.4. The van der Waals surface area contributed by atoms with Crippen molar-refractivity contribution in [1.82, 2.24) is 10.6 Å². The van der Waals surface area contributed by atoms with Crippen LogP contribution in [-0.2, 0) is 4.74 Å². The molecule has 0 radical (unpaired) electrons. The molecule has 0 bridgehead atoms. The Kier molecular flexibility index (Phi) is 8.16. The fourth-order valence-corrected chi connectivity index (χ4v) is 3.48. The molecule has 26 heavy (non-hydrogen) atoms. The Morgan fingerprint density at radius 2 is 1.92 bits per heavy atom. The van der Waals surface area contributed by atoms with Crippen LogP contribution in [0.1, 0.15) is 39.0 Å². The zero-order valence-corrected chi connectivity index (χ0v) is 16.2. The van der Waals surface area contributed by atoms with Gasteiger partial charge in [-0.05, 0) is 55.9 Å². The summed E-state index contributed by atoms with van der Waals surface area (Å²) in [5.74, 6) is 1.18. The Balaban J connectivity index is 1.76. The van der Waals surface area contributed by atoms with E-state index >= 15 is 0 Å². The van der Waals surface area contributed by atoms with E-state index in [0.29, 0.717) is 17.7 Å². The highest BCUT2D eigenvalue weighted by Crippen LogP contribution is 2.40. The molecule has 0 heterocycles. The van der Waals surface area contributed by atoms with Crippen molar-refractivity contribution in [2.45, 2.75) is 45.1 Å². The number of hydrogen-bond acceptors (Lipinski definition) is 3. The van der Waals surface area contributed by atoms with Crippen LogP contribution >= 0.6 is 0 Å². The lowest BCUT2D eigenvalue weighted by atomic mass is 9.83. The molecule has 5 nitrogen and oxygen atoms in total. The van der Waals surface area contributed by atoms with Crippen LogP contribution in [0.2, 0.25) is 0 Å². The predicted molar refractivity (Wildman–Crippen MR) is 103 cm³/mol. The van der Waals surface area contributed by atoms with Crippen LogP contribution in [0.15, 0.2) is 29.3 Å². The molecule has 0 spiro atoms. The third-order valence-corrected chi connectivity index (χ3v) is 5.06. The van der Waals surface area contributed by atoms with E-state index in [0.717, 1.165) is 25.5 Å². The van der Waals surface area contributed by atoms with Gasteiger partial charge in [0.2, 0.25) is 0 Å². The van der Waals surface area contributed by atoms with Crippen molar-refractivity contribution in [3.05, 3.63) is 30.1 Å². The summed E-state index contributed by atoms with van der Waals surface area (Å²) >= 11 is 0. The maximum absolute atomic E-state index is 12.9. The molecule has 1 fully saturated rings. The molecule has 1 aliphatic carbocycles. The Labute approximate surface area is 156 Å². The lowest BCUT2D eigenvalue weighted by Gasteiger charge is -2.30. The van der Waals surface area contributed by atoms with Gasteiger partial charge in [0.25, 0.3) is 0 Å². The minimum Gasteiger partial charge on any atom is -0.489 e. The van der Waals surface area contributed by atoms with Crippen LogP contribution in [0, 0.1) is 11.2 Å². The minimum absolute atomic E-state index is 0.0621. The zero-order chi connectivity index (χ0) is 18.8. The summed E-state index contributed by atoms with van der Waals surface area (Å²) in [5, 5.41) is 6.77. The van der Waals surface area contributed by atoms with E-state index in [1.807, 2.05) is 6.92 Å². The van der Waals surface area contributed by atoms with Crippen LogP contribution in [0.3, 0.4) is 0 Å². The molecule has 0 saturated heterocycles. The van der Waals surface area contributed by atoms with Gasteiger partial charge in [0.15, 0.2) is 5.96 Å². The van der Waals surface area contributed by atoms with Gasteiger partial charge < -0.3 is 20.1 Å². The van der Waals surface area contributed by atoms with Gasteiger partial charge in [0.1, 0.15) is 17.7 Å². The average Bonchev–Trinajstić information content (AvgIpc) is 3.11. The number of halogens is 1. The second-order valence-corrected chi connectivity index (χ2v) is 7.14. The van der Waals surface area contributed by atoms with Gasteiger partial charge in [0.05, 0.1) is 6.54 Å². The largest absolute Gasteiger partial charge is 0.489 e. The van der Waals surface area contributed by atoms with Gasteiger partial charge in [-0.25, -0.2) is 4.39 Å². The fraction of sp³-hybridized carbons (Fsp3) is 0.650. The fourth-order valence-electron chi connectivity index (χ4n) is 3.48. The zero-order valence-electron chi connectivity index (χ0n) is 16.2. The Hall–Kier alpha value is -1.82. The van der Waals surface area contributed by atoms with Gasteiger partial charge in [-0.3, -0.25) is 4.99 Å². The lowest BCUT2D eigenvalue weighted by Crippen LogP contribution is -2.45. The molecule has 0 aromatic heterocycles. The highest BCUT2D eigenvalue weighted by Gasteiger charge is 2.33. The minimum atomic E-state index is -0.262. The molecular formula is C20H32FN3O2. The van der Waals surface area contributed by atoms with Crippen LogP contribution in [0.25, 0.3) is 0 Å². The SMILES string of the molecule is CN=C(NCC(C)Oc1ccc(F)cc1)NCC1(CCOC)CCCC1. The van der Waals surface area contributed by atoms with E-state index < -0.39 is 0 Å². The highest BCUT2D eigenvalue weighted by molar-refractivity contribution is 5.79.